The fraction of sp³-hybridized carbons (Fsp3) is 0.435. The van der Waals surface area contributed by atoms with Crippen LogP contribution in [0.1, 0.15) is 56.6 Å². The molecule has 1 amide bonds. The number of carbonyl (C=O) groups excluding carboxylic acids is 1. The fourth-order valence-corrected chi connectivity index (χ4v) is 2.99. The number of rotatable bonds is 11. The van der Waals surface area contributed by atoms with Crippen molar-refractivity contribution in [1.29, 1.82) is 0 Å². The Balaban J connectivity index is 1.67. The smallest absolute Gasteiger partial charge is 0.385 e. The maximum Gasteiger partial charge on any atom is 0.416 e. The van der Waals surface area contributed by atoms with E-state index in [9.17, 15) is 18.0 Å². The lowest BCUT2D eigenvalue weighted by molar-refractivity contribution is -0.137. The van der Waals surface area contributed by atoms with Crippen LogP contribution in [0.4, 0.5) is 24.5 Å². The Labute approximate surface area is 170 Å². The summed E-state index contributed by atoms with van der Waals surface area (Å²) in [6.07, 6.45) is 2.08. The van der Waals surface area contributed by atoms with Gasteiger partial charge in [-0.1, -0.05) is 38.3 Å². The minimum Gasteiger partial charge on any atom is -0.385 e. The Kier molecular flexibility index (Phi) is 9.03. The maximum atomic E-state index is 12.6. The molecule has 0 spiro atoms. The van der Waals surface area contributed by atoms with E-state index in [4.69, 9.17) is 0 Å². The number of unbranched alkanes of at least 4 members (excludes halogenated alkanes) is 3. The van der Waals surface area contributed by atoms with E-state index in [1.165, 1.54) is 12.1 Å². The first kappa shape index (κ1) is 22.8. The van der Waals surface area contributed by atoms with Gasteiger partial charge in [0.05, 0.1) is 5.56 Å². The molecule has 0 atom stereocenters. The van der Waals surface area contributed by atoms with Crippen molar-refractivity contribution in [3.8, 4) is 0 Å². The van der Waals surface area contributed by atoms with Crippen molar-refractivity contribution < 1.29 is 18.0 Å². The molecule has 158 valence electrons. The Hall–Kier alpha value is -2.50. The van der Waals surface area contributed by atoms with E-state index >= 15 is 0 Å². The summed E-state index contributed by atoms with van der Waals surface area (Å²) in [6, 6.07) is 12.9. The van der Waals surface area contributed by atoms with Gasteiger partial charge in [0.15, 0.2) is 0 Å². The third-order valence-corrected chi connectivity index (χ3v) is 4.68. The van der Waals surface area contributed by atoms with Crippen LogP contribution < -0.4 is 10.6 Å². The number of carbonyl (C=O) groups is 1. The molecule has 0 saturated carbocycles. The highest BCUT2D eigenvalue weighted by atomic mass is 19.4. The number of alkyl halides is 3. The average Bonchev–Trinajstić information content (AvgIpc) is 2.69. The van der Waals surface area contributed by atoms with E-state index in [2.05, 4.69) is 17.6 Å². The highest BCUT2D eigenvalue weighted by molar-refractivity contribution is 5.90. The molecule has 0 radical (unpaired) electrons. The molecular weight excluding hydrogens is 377 g/mol. The number of aryl methyl sites for hydroxylation is 1. The Morgan fingerprint density at radius 1 is 0.862 bits per heavy atom. The van der Waals surface area contributed by atoms with Crippen molar-refractivity contribution in [1.82, 2.24) is 0 Å². The van der Waals surface area contributed by atoms with Crippen molar-refractivity contribution in [2.45, 2.75) is 58.0 Å². The predicted octanol–water partition coefficient (Wildman–Crippen LogP) is 6.66. The van der Waals surface area contributed by atoms with Gasteiger partial charge in [-0.3, -0.25) is 4.79 Å². The van der Waals surface area contributed by atoms with Crippen molar-refractivity contribution in [2.75, 3.05) is 17.2 Å². The molecule has 0 unspecified atom stereocenters. The molecule has 0 aromatic heterocycles. The van der Waals surface area contributed by atoms with Crippen LogP contribution in [0.2, 0.25) is 0 Å². The van der Waals surface area contributed by atoms with Gasteiger partial charge in [0.25, 0.3) is 0 Å². The van der Waals surface area contributed by atoms with Crippen molar-refractivity contribution >= 4 is 17.3 Å². The number of benzene rings is 2. The maximum absolute atomic E-state index is 12.6. The lowest BCUT2D eigenvalue weighted by atomic mass is 10.1. The minimum absolute atomic E-state index is 0.0401. The first-order valence-electron chi connectivity index (χ1n) is 10.2. The highest BCUT2D eigenvalue weighted by Gasteiger charge is 2.29. The molecule has 2 aromatic rings. The average molecular weight is 406 g/mol. The number of halogens is 3. The summed E-state index contributed by atoms with van der Waals surface area (Å²) < 4.78 is 37.7. The van der Waals surface area contributed by atoms with E-state index in [0.717, 1.165) is 61.2 Å². The number of hydrogen-bond acceptors (Lipinski definition) is 2. The van der Waals surface area contributed by atoms with Crippen LogP contribution >= 0.6 is 0 Å². The molecule has 0 fully saturated rings. The van der Waals surface area contributed by atoms with Crippen molar-refractivity contribution in [3.63, 3.8) is 0 Å². The van der Waals surface area contributed by atoms with E-state index in [-0.39, 0.29) is 5.91 Å². The van der Waals surface area contributed by atoms with Gasteiger partial charge >= 0.3 is 6.18 Å². The molecule has 2 aromatic carbocycles. The predicted molar refractivity (Wildman–Crippen MR) is 112 cm³/mol. The van der Waals surface area contributed by atoms with Crippen molar-refractivity contribution in [3.05, 3.63) is 59.7 Å². The molecule has 0 saturated heterocycles. The number of amides is 1. The summed E-state index contributed by atoms with van der Waals surface area (Å²) in [7, 11) is 0. The monoisotopic (exact) mass is 406 g/mol. The molecule has 2 rings (SSSR count). The second kappa shape index (κ2) is 11.5. The van der Waals surface area contributed by atoms with Crippen LogP contribution in [0.5, 0.6) is 0 Å². The Bertz CT molecular complexity index is 740. The first-order valence-corrected chi connectivity index (χ1v) is 10.2. The summed E-state index contributed by atoms with van der Waals surface area (Å²) in [5.74, 6) is 0.0401. The zero-order chi connectivity index (χ0) is 21.1. The largest absolute Gasteiger partial charge is 0.416 e. The number of hydrogen-bond donors (Lipinski definition) is 2. The van der Waals surface area contributed by atoms with E-state index in [0.29, 0.717) is 19.4 Å². The minimum atomic E-state index is -4.29. The van der Waals surface area contributed by atoms with Gasteiger partial charge in [-0.2, -0.15) is 13.2 Å². The molecular formula is C23H29F3N2O. The topological polar surface area (TPSA) is 41.1 Å². The van der Waals surface area contributed by atoms with Crippen LogP contribution in [0.3, 0.4) is 0 Å². The highest BCUT2D eigenvalue weighted by Crippen LogP contribution is 2.29. The zero-order valence-electron chi connectivity index (χ0n) is 16.8. The summed E-state index contributed by atoms with van der Waals surface area (Å²) >= 11 is 0. The molecule has 0 aliphatic carbocycles. The van der Waals surface area contributed by atoms with Crippen LogP contribution in [0.25, 0.3) is 0 Å². The summed E-state index contributed by atoms with van der Waals surface area (Å²) in [6.45, 7) is 2.86. The Morgan fingerprint density at radius 2 is 1.52 bits per heavy atom. The second-order valence-electron chi connectivity index (χ2n) is 7.16. The number of anilines is 2. The quantitative estimate of drug-likeness (QED) is 0.410. The van der Waals surface area contributed by atoms with Gasteiger partial charge < -0.3 is 10.6 Å². The van der Waals surface area contributed by atoms with E-state index in [1.54, 1.807) is 0 Å². The Morgan fingerprint density at radius 3 is 2.14 bits per heavy atom. The lowest BCUT2D eigenvalue weighted by Crippen LogP contribution is -2.11. The molecule has 2 N–H and O–H groups in total. The molecule has 3 nitrogen and oxygen atoms in total. The normalized spacial score (nSPS) is 11.3. The van der Waals surface area contributed by atoms with Crippen LogP contribution in [-0.2, 0) is 17.4 Å². The second-order valence-corrected chi connectivity index (χ2v) is 7.16. The summed E-state index contributed by atoms with van der Waals surface area (Å²) in [5.41, 5.74) is 1.99. The summed E-state index contributed by atoms with van der Waals surface area (Å²) in [5, 5.41) is 6.19. The number of nitrogens with one attached hydrogen (secondary N) is 2. The van der Waals surface area contributed by atoms with Gasteiger partial charge in [-0.05, 0) is 61.2 Å². The summed E-state index contributed by atoms with van der Waals surface area (Å²) in [4.78, 5) is 11.9. The van der Waals surface area contributed by atoms with Gasteiger partial charge in [0, 0.05) is 24.3 Å². The van der Waals surface area contributed by atoms with Gasteiger partial charge in [0.1, 0.15) is 0 Å². The fourth-order valence-electron chi connectivity index (χ4n) is 2.99. The van der Waals surface area contributed by atoms with Gasteiger partial charge in [-0.25, -0.2) is 0 Å². The first-order chi connectivity index (χ1) is 13.9. The van der Waals surface area contributed by atoms with Gasteiger partial charge in [-0.15, -0.1) is 0 Å². The van der Waals surface area contributed by atoms with Gasteiger partial charge in [0.2, 0.25) is 5.91 Å². The third kappa shape index (κ3) is 8.59. The van der Waals surface area contributed by atoms with Crippen LogP contribution in [0, 0.1) is 0 Å². The lowest BCUT2D eigenvalue weighted by Gasteiger charge is -2.10. The van der Waals surface area contributed by atoms with Crippen LogP contribution in [0.15, 0.2) is 48.5 Å². The molecule has 29 heavy (non-hydrogen) atoms. The third-order valence-electron chi connectivity index (χ3n) is 4.68. The zero-order valence-corrected chi connectivity index (χ0v) is 16.8. The van der Waals surface area contributed by atoms with Crippen molar-refractivity contribution in [2.24, 2.45) is 0 Å². The molecule has 0 heterocycles. The van der Waals surface area contributed by atoms with E-state index in [1.807, 2.05) is 24.3 Å². The molecule has 0 aliphatic rings. The van der Waals surface area contributed by atoms with Crippen LogP contribution in [-0.4, -0.2) is 12.5 Å². The van der Waals surface area contributed by atoms with E-state index < -0.39 is 11.7 Å². The molecule has 6 heteroatoms. The molecule has 0 aliphatic heterocycles. The standard InChI is InChI=1S/C23H29F3N2O/c1-2-3-4-5-8-22(29)28-21-15-13-20(14-16-21)27-17-6-7-18-9-11-19(12-10-18)23(24,25)26/h9-16,27H,2-8,17H2,1H3,(H,28,29). The molecule has 0 bridgehead atoms. The SMILES string of the molecule is CCCCCCC(=O)Nc1ccc(NCCCc2ccc(C(F)(F)F)cc2)cc1.